The number of hydrogen-bond acceptors (Lipinski definition) is 5. The molecule has 1 unspecified atom stereocenters. The summed E-state index contributed by atoms with van der Waals surface area (Å²) in [5.41, 5.74) is 1.05. The van der Waals surface area contributed by atoms with E-state index in [0.29, 0.717) is 41.4 Å². The van der Waals surface area contributed by atoms with Crippen LogP contribution in [0, 0.1) is 0 Å². The molecule has 1 aromatic heterocycles. The average molecular weight is 395 g/mol. The molecule has 7 nitrogen and oxygen atoms in total. The number of hydrogen-bond donors (Lipinski definition) is 1. The quantitative estimate of drug-likeness (QED) is 0.591. The summed E-state index contributed by atoms with van der Waals surface area (Å²) in [7, 11) is 1.59. The molecule has 0 saturated carbocycles. The van der Waals surface area contributed by atoms with Gasteiger partial charge in [0.05, 0.1) is 37.1 Å². The molecule has 1 heterocycles. The van der Waals surface area contributed by atoms with Crippen molar-refractivity contribution in [3.8, 4) is 5.75 Å². The molecule has 0 fully saturated rings. The van der Waals surface area contributed by atoms with Crippen molar-refractivity contribution in [2.24, 2.45) is 0 Å². The Morgan fingerprint density at radius 1 is 1.17 bits per heavy atom. The number of para-hydroxylation sites is 1. The van der Waals surface area contributed by atoms with Crippen LogP contribution >= 0.6 is 0 Å². The van der Waals surface area contributed by atoms with E-state index in [0.717, 1.165) is 0 Å². The van der Waals surface area contributed by atoms with Crippen LogP contribution in [0.5, 0.6) is 5.75 Å². The maximum Gasteiger partial charge on any atom is 0.258 e. The summed E-state index contributed by atoms with van der Waals surface area (Å²) >= 11 is 0. The van der Waals surface area contributed by atoms with Gasteiger partial charge in [0.1, 0.15) is 11.6 Å². The number of aromatic amines is 1. The molecule has 2 aromatic carbocycles. The van der Waals surface area contributed by atoms with Crippen LogP contribution in [0.3, 0.4) is 0 Å². The zero-order valence-electron chi connectivity index (χ0n) is 16.8. The van der Waals surface area contributed by atoms with Crippen molar-refractivity contribution in [3.63, 3.8) is 0 Å². The fourth-order valence-corrected chi connectivity index (χ4v) is 3.18. The SMILES string of the molecule is CCOCCC(=O)N(c1ccc(OC)cc1)C(C)c1nc2ccccc2c(=O)[nH]1. The standard InChI is InChI=1S/C22H25N3O4/c1-4-29-14-13-20(26)25(16-9-11-17(28-3)12-10-16)15(2)21-23-19-8-6-5-7-18(19)22(27)24-21/h5-12,15H,4,13-14H2,1-3H3,(H,23,24,27). The highest BCUT2D eigenvalue weighted by Crippen LogP contribution is 2.28. The summed E-state index contributed by atoms with van der Waals surface area (Å²) in [5.74, 6) is 1.00. The number of anilines is 1. The third-order valence-electron chi connectivity index (χ3n) is 4.70. The Bertz CT molecular complexity index is 1030. The molecule has 0 aliphatic carbocycles. The van der Waals surface area contributed by atoms with E-state index in [1.54, 1.807) is 42.3 Å². The van der Waals surface area contributed by atoms with E-state index >= 15 is 0 Å². The first-order chi connectivity index (χ1) is 14.0. The summed E-state index contributed by atoms with van der Waals surface area (Å²) in [5, 5.41) is 0.516. The number of fused-ring (bicyclic) bond motifs is 1. The van der Waals surface area contributed by atoms with Crippen molar-refractivity contribution in [1.29, 1.82) is 0 Å². The van der Waals surface area contributed by atoms with E-state index in [1.165, 1.54) is 0 Å². The van der Waals surface area contributed by atoms with E-state index in [-0.39, 0.29) is 17.9 Å². The molecule has 0 aliphatic heterocycles. The molecule has 3 rings (SSSR count). The molecule has 0 radical (unpaired) electrons. The highest BCUT2D eigenvalue weighted by Gasteiger charge is 2.25. The monoisotopic (exact) mass is 395 g/mol. The number of carbonyl (C=O) groups is 1. The molecule has 0 saturated heterocycles. The largest absolute Gasteiger partial charge is 0.497 e. The predicted octanol–water partition coefficient (Wildman–Crippen LogP) is 3.45. The minimum atomic E-state index is -0.477. The van der Waals surface area contributed by atoms with Gasteiger partial charge >= 0.3 is 0 Å². The van der Waals surface area contributed by atoms with Gasteiger partial charge in [-0.2, -0.15) is 0 Å². The molecule has 0 bridgehead atoms. The van der Waals surface area contributed by atoms with Crippen LogP contribution in [0.1, 0.15) is 32.1 Å². The summed E-state index contributed by atoms with van der Waals surface area (Å²) < 4.78 is 10.6. The third-order valence-corrected chi connectivity index (χ3v) is 4.70. The van der Waals surface area contributed by atoms with Gasteiger partial charge in [0, 0.05) is 12.3 Å². The van der Waals surface area contributed by atoms with Gasteiger partial charge in [-0.3, -0.25) is 9.59 Å². The minimum absolute atomic E-state index is 0.119. The van der Waals surface area contributed by atoms with Crippen molar-refractivity contribution in [2.75, 3.05) is 25.2 Å². The van der Waals surface area contributed by atoms with Gasteiger partial charge in [0.2, 0.25) is 5.91 Å². The lowest BCUT2D eigenvalue weighted by molar-refractivity contribution is -0.120. The molecule has 29 heavy (non-hydrogen) atoms. The Morgan fingerprint density at radius 3 is 2.59 bits per heavy atom. The van der Waals surface area contributed by atoms with Crippen LogP contribution in [0.4, 0.5) is 5.69 Å². The second kappa shape index (κ2) is 9.34. The normalized spacial score (nSPS) is 12.0. The van der Waals surface area contributed by atoms with Gasteiger partial charge in [0.25, 0.3) is 5.56 Å². The third kappa shape index (κ3) is 4.63. The molecular formula is C22H25N3O4. The predicted molar refractivity (Wildman–Crippen MR) is 112 cm³/mol. The number of ether oxygens (including phenoxy) is 2. The number of nitrogens with zero attached hydrogens (tertiary/aromatic N) is 2. The first kappa shape index (κ1) is 20.5. The van der Waals surface area contributed by atoms with Gasteiger partial charge in [-0.05, 0) is 50.2 Å². The zero-order valence-corrected chi connectivity index (χ0v) is 16.8. The average Bonchev–Trinajstić information content (AvgIpc) is 2.74. The van der Waals surface area contributed by atoms with E-state index in [9.17, 15) is 9.59 Å². The Kier molecular flexibility index (Phi) is 6.61. The van der Waals surface area contributed by atoms with Crippen LogP contribution in [-0.4, -0.2) is 36.2 Å². The summed E-state index contributed by atoms with van der Waals surface area (Å²) in [6.45, 7) is 4.61. The summed E-state index contributed by atoms with van der Waals surface area (Å²) in [6, 6.07) is 13.9. The van der Waals surface area contributed by atoms with E-state index in [2.05, 4.69) is 9.97 Å². The van der Waals surface area contributed by atoms with Crippen molar-refractivity contribution < 1.29 is 14.3 Å². The number of nitrogens with one attached hydrogen (secondary N) is 1. The van der Waals surface area contributed by atoms with Gasteiger partial charge in [-0.1, -0.05) is 12.1 Å². The second-order valence-electron chi connectivity index (χ2n) is 6.55. The lowest BCUT2D eigenvalue weighted by atomic mass is 10.1. The summed E-state index contributed by atoms with van der Waals surface area (Å²) in [6.07, 6.45) is 0.224. The molecule has 1 amide bonds. The van der Waals surface area contributed by atoms with E-state index < -0.39 is 6.04 Å². The number of benzene rings is 2. The van der Waals surface area contributed by atoms with Gasteiger partial charge in [-0.25, -0.2) is 4.98 Å². The van der Waals surface area contributed by atoms with E-state index in [1.807, 2.05) is 32.0 Å². The Labute approximate surface area is 169 Å². The molecular weight excluding hydrogens is 370 g/mol. The first-order valence-electron chi connectivity index (χ1n) is 9.58. The van der Waals surface area contributed by atoms with Gasteiger partial charge < -0.3 is 19.4 Å². The molecule has 1 N–H and O–H groups in total. The Balaban J connectivity index is 1.99. The van der Waals surface area contributed by atoms with Gasteiger partial charge in [0.15, 0.2) is 0 Å². The van der Waals surface area contributed by atoms with Crippen LogP contribution in [0.15, 0.2) is 53.3 Å². The Morgan fingerprint density at radius 2 is 1.90 bits per heavy atom. The Hall–Kier alpha value is -3.19. The number of methoxy groups -OCH3 is 1. The summed E-state index contributed by atoms with van der Waals surface area (Å²) in [4.78, 5) is 34.6. The maximum atomic E-state index is 13.0. The smallest absolute Gasteiger partial charge is 0.258 e. The van der Waals surface area contributed by atoms with Crippen LogP contribution in [-0.2, 0) is 9.53 Å². The molecule has 7 heteroatoms. The molecule has 0 aliphatic rings. The van der Waals surface area contributed by atoms with Crippen molar-refractivity contribution in [3.05, 3.63) is 64.7 Å². The highest BCUT2D eigenvalue weighted by molar-refractivity contribution is 5.94. The maximum absolute atomic E-state index is 13.0. The van der Waals surface area contributed by atoms with Crippen LogP contribution in [0.2, 0.25) is 0 Å². The van der Waals surface area contributed by atoms with Crippen LogP contribution < -0.4 is 15.2 Å². The lowest BCUT2D eigenvalue weighted by Crippen LogP contribution is -2.36. The lowest BCUT2D eigenvalue weighted by Gasteiger charge is -2.29. The van der Waals surface area contributed by atoms with Crippen LogP contribution in [0.25, 0.3) is 10.9 Å². The first-order valence-corrected chi connectivity index (χ1v) is 9.58. The second-order valence-corrected chi connectivity index (χ2v) is 6.55. The number of amides is 1. The van der Waals surface area contributed by atoms with Crippen molar-refractivity contribution in [1.82, 2.24) is 9.97 Å². The van der Waals surface area contributed by atoms with E-state index in [4.69, 9.17) is 9.47 Å². The van der Waals surface area contributed by atoms with Crippen molar-refractivity contribution >= 4 is 22.5 Å². The number of carbonyl (C=O) groups excluding carboxylic acids is 1. The minimum Gasteiger partial charge on any atom is -0.497 e. The fourth-order valence-electron chi connectivity index (χ4n) is 3.18. The van der Waals surface area contributed by atoms with Gasteiger partial charge in [-0.15, -0.1) is 0 Å². The molecule has 152 valence electrons. The number of H-pyrrole nitrogens is 1. The fraction of sp³-hybridized carbons (Fsp3) is 0.318. The number of rotatable bonds is 8. The molecule has 1 atom stereocenters. The van der Waals surface area contributed by atoms with Crippen molar-refractivity contribution in [2.45, 2.75) is 26.3 Å². The highest BCUT2D eigenvalue weighted by atomic mass is 16.5. The topological polar surface area (TPSA) is 84.5 Å². The number of aromatic nitrogens is 2. The molecule has 0 spiro atoms. The molecule has 3 aromatic rings. The zero-order chi connectivity index (χ0) is 20.8.